The highest BCUT2D eigenvalue weighted by Crippen LogP contribution is 2.39. The number of ether oxygens (including phenoxy) is 1. The summed E-state index contributed by atoms with van der Waals surface area (Å²) in [5, 5.41) is 4.65. The number of fused-ring (bicyclic) bond motifs is 1. The summed E-state index contributed by atoms with van der Waals surface area (Å²) in [6.07, 6.45) is 1.99. The van der Waals surface area contributed by atoms with Gasteiger partial charge in [-0.2, -0.15) is 0 Å². The molecule has 106 valence electrons. The van der Waals surface area contributed by atoms with E-state index in [0.29, 0.717) is 12.5 Å². The average Bonchev–Trinajstić information content (AvgIpc) is 3.01. The molecule has 1 aromatic carbocycles. The largest absolute Gasteiger partial charge is 0.492 e. The standard InChI is InChI=1S/C16H20N2OS/c1-16(2,3)18-9-11-8-17-15(20-11)13-10-19-14-7-5-4-6-12(13)14/h4-8,13,18H,9-10H2,1-3H3. The van der Waals surface area contributed by atoms with Crippen LogP contribution in [0.1, 0.15) is 42.1 Å². The third-order valence-corrected chi connectivity index (χ3v) is 4.47. The van der Waals surface area contributed by atoms with E-state index in [9.17, 15) is 0 Å². The Bertz CT molecular complexity index is 601. The second kappa shape index (κ2) is 5.19. The molecule has 0 radical (unpaired) electrons. The smallest absolute Gasteiger partial charge is 0.123 e. The van der Waals surface area contributed by atoms with E-state index in [4.69, 9.17) is 4.74 Å². The highest BCUT2D eigenvalue weighted by Gasteiger charge is 2.27. The summed E-state index contributed by atoms with van der Waals surface area (Å²) in [7, 11) is 0. The molecule has 1 unspecified atom stereocenters. The molecule has 0 amide bonds. The summed E-state index contributed by atoms with van der Waals surface area (Å²) in [4.78, 5) is 5.87. The molecule has 20 heavy (non-hydrogen) atoms. The van der Waals surface area contributed by atoms with Gasteiger partial charge in [-0.25, -0.2) is 4.98 Å². The lowest BCUT2D eigenvalue weighted by molar-refractivity contribution is 0.343. The van der Waals surface area contributed by atoms with Gasteiger partial charge in [0.2, 0.25) is 0 Å². The molecule has 1 aliphatic heterocycles. The molecule has 4 heteroatoms. The van der Waals surface area contributed by atoms with Crippen LogP contribution in [0.4, 0.5) is 0 Å². The first kappa shape index (κ1) is 13.6. The van der Waals surface area contributed by atoms with Crippen molar-refractivity contribution in [1.29, 1.82) is 0 Å². The maximum atomic E-state index is 5.74. The van der Waals surface area contributed by atoms with E-state index < -0.39 is 0 Å². The van der Waals surface area contributed by atoms with Crippen LogP contribution in [0.25, 0.3) is 0 Å². The van der Waals surface area contributed by atoms with Crippen molar-refractivity contribution < 1.29 is 4.74 Å². The van der Waals surface area contributed by atoms with Crippen LogP contribution in [-0.2, 0) is 6.54 Å². The van der Waals surface area contributed by atoms with Gasteiger partial charge < -0.3 is 10.1 Å². The second-order valence-corrected chi connectivity index (χ2v) is 7.32. The van der Waals surface area contributed by atoms with Crippen molar-refractivity contribution in [2.24, 2.45) is 0 Å². The monoisotopic (exact) mass is 288 g/mol. The first-order chi connectivity index (χ1) is 9.53. The van der Waals surface area contributed by atoms with Crippen LogP contribution in [-0.4, -0.2) is 17.1 Å². The molecule has 1 N–H and O–H groups in total. The first-order valence-electron chi connectivity index (χ1n) is 6.94. The van der Waals surface area contributed by atoms with Gasteiger partial charge in [0.1, 0.15) is 17.4 Å². The SMILES string of the molecule is CC(C)(C)NCc1cnc(C2COc3ccccc32)s1. The van der Waals surface area contributed by atoms with Gasteiger partial charge in [0.25, 0.3) is 0 Å². The third-order valence-electron chi connectivity index (χ3n) is 3.36. The number of hydrogen-bond acceptors (Lipinski definition) is 4. The zero-order valence-electron chi connectivity index (χ0n) is 12.1. The molecule has 0 bridgehead atoms. The van der Waals surface area contributed by atoms with Crippen LogP contribution in [0.5, 0.6) is 5.75 Å². The Kier molecular flexibility index (Phi) is 3.52. The molecule has 0 aliphatic carbocycles. The van der Waals surface area contributed by atoms with Crippen LogP contribution in [0.3, 0.4) is 0 Å². The summed E-state index contributed by atoms with van der Waals surface area (Å²) in [5.41, 5.74) is 1.39. The summed E-state index contributed by atoms with van der Waals surface area (Å²) in [5.74, 6) is 1.29. The summed E-state index contributed by atoms with van der Waals surface area (Å²) < 4.78 is 5.74. The maximum Gasteiger partial charge on any atom is 0.123 e. The fourth-order valence-electron chi connectivity index (χ4n) is 2.28. The topological polar surface area (TPSA) is 34.2 Å². The highest BCUT2D eigenvalue weighted by atomic mass is 32.1. The van der Waals surface area contributed by atoms with E-state index in [1.165, 1.54) is 10.4 Å². The molecule has 3 nitrogen and oxygen atoms in total. The average molecular weight is 288 g/mol. The zero-order chi connectivity index (χ0) is 14.2. The fraction of sp³-hybridized carbons (Fsp3) is 0.438. The molecular weight excluding hydrogens is 268 g/mol. The van der Waals surface area contributed by atoms with Crippen molar-refractivity contribution in [3.05, 3.63) is 45.9 Å². The second-order valence-electron chi connectivity index (χ2n) is 6.17. The number of benzene rings is 1. The van der Waals surface area contributed by atoms with Gasteiger partial charge >= 0.3 is 0 Å². The summed E-state index contributed by atoms with van der Waals surface area (Å²) >= 11 is 1.78. The quantitative estimate of drug-likeness (QED) is 0.937. The van der Waals surface area contributed by atoms with Gasteiger partial charge in [-0.1, -0.05) is 18.2 Å². The van der Waals surface area contributed by atoms with Crippen LogP contribution >= 0.6 is 11.3 Å². The Hall–Kier alpha value is -1.39. The van der Waals surface area contributed by atoms with Crippen molar-refractivity contribution in [2.45, 2.75) is 38.8 Å². The number of nitrogens with zero attached hydrogens (tertiary/aromatic N) is 1. The molecular formula is C16H20N2OS. The Morgan fingerprint density at radius 3 is 2.95 bits per heavy atom. The Morgan fingerprint density at radius 1 is 1.35 bits per heavy atom. The molecule has 0 saturated heterocycles. The highest BCUT2D eigenvalue weighted by molar-refractivity contribution is 7.11. The lowest BCUT2D eigenvalue weighted by Crippen LogP contribution is -2.34. The summed E-state index contributed by atoms with van der Waals surface area (Å²) in [6, 6.07) is 8.25. The van der Waals surface area contributed by atoms with Gasteiger partial charge in [0.15, 0.2) is 0 Å². The number of aromatic nitrogens is 1. The predicted octanol–water partition coefficient (Wildman–Crippen LogP) is 3.56. The molecule has 1 aliphatic rings. The molecule has 0 saturated carbocycles. The number of rotatable bonds is 3. The Balaban J connectivity index is 1.75. The van der Waals surface area contributed by atoms with Gasteiger partial charge in [-0.15, -0.1) is 11.3 Å². The lowest BCUT2D eigenvalue weighted by atomic mass is 10.0. The van der Waals surface area contributed by atoms with Crippen molar-refractivity contribution in [1.82, 2.24) is 10.3 Å². The number of nitrogens with one attached hydrogen (secondary N) is 1. The minimum absolute atomic E-state index is 0.132. The van der Waals surface area contributed by atoms with Crippen molar-refractivity contribution >= 4 is 11.3 Å². The van der Waals surface area contributed by atoms with E-state index in [1.807, 2.05) is 18.3 Å². The lowest BCUT2D eigenvalue weighted by Gasteiger charge is -2.19. The first-order valence-corrected chi connectivity index (χ1v) is 7.76. The molecule has 2 aromatic rings. The van der Waals surface area contributed by atoms with Crippen molar-refractivity contribution in [3.63, 3.8) is 0 Å². The van der Waals surface area contributed by atoms with Crippen molar-refractivity contribution in [2.75, 3.05) is 6.61 Å². The van der Waals surface area contributed by atoms with Crippen molar-refractivity contribution in [3.8, 4) is 5.75 Å². The van der Waals surface area contributed by atoms with Gasteiger partial charge in [0, 0.05) is 28.7 Å². The van der Waals surface area contributed by atoms with Crippen LogP contribution < -0.4 is 10.1 Å². The van der Waals surface area contributed by atoms with Crippen LogP contribution in [0.15, 0.2) is 30.5 Å². The van der Waals surface area contributed by atoms with E-state index in [-0.39, 0.29) is 5.54 Å². The minimum atomic E-state index is 0.132. The van der Waals surface area contributed by atoms with E-state index in [1.54, 1.807) is 11.3 Å². The zero-order valence-corrected chi connectivity index (χ0v) is 13.0. The van der Waals surface area contributed by atoms with E-state index in [2.05, 4.69) is 43.2 Å². The fourth-order valence-corrected chi connectivity index (χ4v) is 3.25. The number of para-hydroxylation sites is 1. The normalized spacial score (nSPS) is 17.9. The van der Waals surface area contributed by atoms with E-state index >= 15 is 0 Å². The molecule has 3 rings (SSSR count). The molecule has 0 fully saturated rings. The minimum Gasteiger partial charge on any atom is -0.492 e. The maximum absolute atomic E-state index is 5.74. The van der Waals surface area contributed by atoms with Gasteiger partial charge in [-0.3, -0.25) is 0 Å². The predicted molar refractivity (Wildman–Crippen MR) is 82.5 cm³/mol. The van der Waals surface area contributed by atoms with Crippen LogP contribution in [0, 0.1) is 0 Å². The molecule has 0 spiro atoms. The summed E-state index contributed by atoms with van der Waals surface area (Å²) in [6.45, 7) is 8.11. The van der Waals surface area contributed by atoms with E-state index in [0.717, 1.165) is 17.3 Å². The molecule has 2 heterocycles. The number of hydrogen-bond donors (Lipinski definition) is 1. The van der Waals surface area contributed by atoms with Gasteiger partial charge in [-0.05, 0) is 26.8 Å². The van der Waals surface area contributed by atoms with Crippen LogP contribution in [0.2, 0.25) is 0 Å². The molecule has 1 aromatic heterocycles. The molecule has 1 atom stereocenters. The van der Waals surface area contributed by atoms with Gasteiger partial charge in [0.05, 0.1) is 5.92 Å². The third kappa shape index (κ3) is 2.86. The Labute approximate surface area is 124 Å². The Morgan fingerprint density at radius 2 is 2.15 bits per heavy atom. The number of thiazole rings is 1.